The second-order valence-corrected chi connectivity index (χ2v) is 7.08. The van der Waals surface area contributed by atoms with Crippen LogP contribution >= 0.6 is 0 Å². The van der Waals surface area contributed by atoms with Gasteiger partial charge < -0.3 is 10.1 Å². The Morgan fingerprint density at radius 2 is 1.78 bits per heavy atom. The molecule has 0 amide bonds. The average molecular weight is 424 g/mol. The van der Waals surface area contributed by atoms with Crippen LogP contribution in [0.2, 0.25) is 0 Å². The lowest BCUT2D eigenvalue weighted by Gasteiger charge is -2.12. The van der Waals surface area contributed by atoms with Gasteiger partial charge in [0.15, 0.2) is 0 Å². The molecule has 0 radical (unpaired) electrons. The maximum absolute atomic E-state index is 12.5. The lowest BCUT2D eigenvalue weighted by Crippen LogP contribution is -2.23. The number of para-hydroxylation sites is 1. The largest absolute Gasteiger partial charge is 0.492 e. The molecule has 0 aliphatic heterocycles. The van der Waals surface area contributed by atoms with E-state index in [9.17, 15) is 4.79 Å². The van der Waals surface area contributed by atoms with E-state index in [0.717, 1.165) is 22.5 Å². The Balaban J connectivity index is 1.36. The fraction of sp³-hybridized carbons (Fsp3) is 0.0833. The van der Waals surface area contributed by atoms with E-state index in [0.29, 0.717) is 24.7 Å². The number of nitrogens with zero attached hydrogens (tertiary/aromatic N) is 5. The van der Waals surface area contributed by atoms with E-state index in [1.54, 1.807) is 27.7 Å². The number of hydrogen-bond donors (Lipinski definition) is 1. The molecule has 32 heavy (non-hydrogen) atoms. The fourth-order valence-corrected chi connectivity index (χ4v) is 3.37. The number of ether oxygens (including phenoxy) is 1. The quantitative estimate of drug-likeness (QED) is 0.428. The Kier molecular flexibility index (Phi) is 5.32. The third-order valence-electron chi connectivity index (χ3n) is 4.94. The highest BCUT2D eigenvalue weighted by molar-refractivity contribution is 5.75. The van der Waals surface area contributed by atoms with Gasteiger partial charge in [0, 0.05) is 35.7 Å². The molecule has 5 aromatic rings. The van der Waals surface area contributed by atoms with E-state index in [1.807, 2.05) is 66.9 Å². The van der Waals surface area contributed by atoms with E-state index >= 15 is 0 Å². The zero-order valence-electron chi connectivity index (χ0n) is 17.1. The van der Waals surface area contributed by atoms with Gasteiger partial charge in [-0.2, -0.15) is 10.1 Å². The molecule has 2 aromatic carbocycles. The monoisotopic (exact) mass is 424 g/mol. The summed E-state index contributed by atoms with van der Waals surface area (Å²) in [4.78, 5) is 21.5. The first-order valence-electron chi connectivity index (χ1n) is 10.2. The smallest absolute Gasteiger partial charge is 0.252 e. The van der Waals surface area contributed by atoms with Crippen LogP contribution < -0.4 is 15.6 Å². The summed E-state index contributed by atoms with van der Waals surface area (Å²) in [5, 5.41) is 8.21. The van der Waals surface area contributed by atoms with Gasteiger partial charge in [-0.3, -0.25) is 9.36 Å². The highest BCUT2D eigenvalue weighted by atomic mass is 16.5. The van der Waals surface area contributed by atoms with Crippen molar-refractivity contribution in [2.45, 2.75) is 6.54 Å². The summed E-state index contributed by atoms with van der Waals surface area (Å²) in [5.41, 5.74) is 2.20. The van der Waals surface area contributed by atoms with Gasteiger partial charge in [0.1, 0.15) is 18.0 Å². The Labute approximate surface area is 183 Å². The number of aromatic nitrogens is 5. The predicted octanol–water partition coefficient (Wildman–Crippen LogP) is 3.80. The highest BCUT2D eigenvalue weighted by Crippen LogP contribution is 2.18. The standard InChI is InChI=1S/C24H20N6O2/c31-22-12-7-18-17-25-24(27-19-8-10-20(11-9-19)30-14-4-13-26-30)28-23(18)29(22)15-16-32-21-5-2-1-3-6-21/h1-14,17H,15-16H2,(H,25,27,28). The van der Waals surface area contributed by atoms with Gasteiger partial charge >= 0.3 is 0 Å². The van der Waals surface area contributed by atoms with Crippen molar-refractivity contribution in [1.29, 1.82) is 0 Å². The molecule has 0 saturated carbocycles. The minimum absolute atomic E-state index is 0.137. The summed E-state index contributed by atoms with van der Waals surface area (Å²) in [7, 11) is 0. The number of fused-ring (bicyclic) bond motifs is 1. The molecule has 0 unspecified atom stereocenters. The van der Waals surface area contributed by atoms with Crippen LogP contribution in [0.15, 0.2) is 96.2 Å². The first-order valence-corrected chi connectivity index (χ1v) is 10.2. The molecule has 0 spiro atoms. The van der Waals surface area contributed by atoms with Gasteiger partial charge in [0.2, 0.25) is 5.95 Å². The first kappa shape index (κ1) is 19.5. The lowest BCUT2D eigenvalue weighted by molar-refractivity contribution is 0.298. The van der Waals surface area contributed by atoms with Crippen molar-refractivity contribution in [3.63, 3.8) is 0 Å². The predicted molar refractivity (Wildman–Crippen MR) is 123 cm³/mol. The Morgan fingerprint density at radius 1 is 0.938 bits per heavy atom. The molecule has 8 heteroatoms. The number of rotatable bonds is 7. The molecule has 1 N–H and O–H groups in total. The zero-order chi connectivity index (χ0) is 21.8. The molecular formula is C24H20N6O2. The van der Waals surface area contributed by atoms with Gasteiger partial charge in [-0.25, -0.2) is 9.67 Å². The molecule has 0 atom stereocenters. The molecule has 0 fully saturated rings. The summed E-state index contributed by atoms with van der Waals surface area (Å²) in [6.45, 7) is 0.727. The van der Waals surface area contributed by atoms with Crippen molar-refractivity contribution < 1.29 is 4.74 Å². The molecule has 3 aromatic heterocycles. The molecule has 5 rings (SSSR count). The second-order valence-electron chi connectivity index (χ2n) is 7.08. The zero-order valence-corrected chi connectivity index (χ0v) is 17.1. The van der Waals surface area contributed by atoms with Crippen LogP contribution in [-0.4, -0.2) is 30.9 Å². The Morgan fingerprint density at radius 3 is 2.56 bits per heavy atom. The van der Waals surface area contributed by atoms with Crippen molar-refractivity contribution in [1.82, 2.24) is 24.3 Å². The van der Waals surface area contributed by atoms with Crippen molar-refractivity contribution in [2.24, 2.45) is 0 Å². The third kappa shape index (κ3) is 4.20. The number of benzene rings is 2. The van der Waals surface area contributed by atoms with Crippen LogP contribution in [0.3, 0.4) is 0 Å². The van der Waals surface area contributed by atoms with Crippen LogP contribution in [-0.2, 0) is 6.54 Å². The van der Waals surface area contributed by atoms with Crippen molar-refractivity contribution >= 4 is 22.7 Å². The summed E-state index contributed by atoms with van der Waals surface area (Å²) in [5.74, 6) is 1.17. The van der Waals surface area contributed by atoms with Crippen LogP contribution in [0, 0.1) is 0 Å². The second kappa shape index (κ2) is 8.73. The summed E-state index contributed by atoms with van der Waals surface area (Å²) in [6.07, 6.45) is 5.33. The molecule has 0 saturated heterocycles. The highest BCUT2D eigenvalue weighted by Gasteiger charge is 2.08. The van der Waals surface area contributed by atoms with Gasteiger partial charge in [0.05, 0.1) is 12.2 Å². The lowest BCUT2D eigenvalue weighted by atomic mass is 10.3. The summed E-state index contributed by atoms with van der Waals surface area (Å²) < 4.78 is 9.14. The van der Waals surface area contributed by atoms with E-state index < -0.39 is 0 Å². The van der Waals surface area contributed by atoms with Crippen LogP contribution in [0.1, 0.15) is 0 Å². The number of hydrogen-bond acceptors (Lipinski definition) is 6. The minimum Gasteiger partial charge on any atom is -0.492 e. The van der Waals surface area contributed by atoms with Crippen molar-refractivity contribution in [3.05, 3.63) is 102 Å². The SMILES string of the molecule is O=c1ccc2cnc(Nc3ccc(-n4cccn4)cc3)nc2n1CCOc1ccccc1. The number of anilines is 2. The molecule has 8 nitrogen and oxygen atoms in total. The average Bonchev–Trinajstić information content (AvgIpc) is 3.37. The topological polar surface area (TPSA) is 86.9 Å². The van der Waals surface area contributed by atoms with E-state index in [-0.39, 0.29) is 5.56 Å². The number of pyridine rings is 1. The van der Waals surface area contributed by atoms with Crippen LogP contribution in [0.5, 0.6) is 5.75 Å². The van der Waals surface area contributed by atoms with Crippen molar-refractivity contribution in [3.8, 4) is 11.4 Å². The molecule has 3 heterocycles. The Bertz CT molecular complexity index is 1380. The normalized spacial score (nSPS) is 10.9. The van der Waals surface area contributed by atoms with Crippen LogP contribution in [0.25, 0.3) is 16.7 Å². The van der Waals surface area contributed by atoms with E-state index in [4.69, 9.17) is 4.74 Å². The van der Waals surface area contributed by atoms with Gasteiger partial charge in [-0.1, -0.05) is 18.2 Å². The Hall–Kier alpha value is -4.46. The van der Waals surface area contributed by atoms with E-state index in [2.05, 4.69) is 20.4 Å². The van der Waals surface area contributed by atoms with E-state index in [1.165, 1.54) is 6.07 Å². The molecule has 0 bridgehead atoms. The minimum atomic E-state index is -0.137. The van der Waals surface area contributed by atoms with Gasteiger partial charge in [-0.05, 0) is 48.5 Å². The van der Waals surface area contributed by atoms with Crippen LogP contribution in [0.4, 0.5) is 11.6 Å². The van der Waals surface area contributed by atoms with Gasteiger partial charge in [0.25, 0.3) is 5.56 Å². The first-order chi connectivity index (χ1) is 15.8. The summed E-state index contributed by atoms with van der Waals surface area (Å²) >= 11 is 0. The fourth-order valence-electron chi connectivity index (χ4n) is 3.37. The molecule has 0 aliphatic rings. The molecular weight excluding hydrogens is 404 g/mol. The van der Waals surface area contributed by atoms with Gasteiger partial charge in [-0.15, -0.1) is 0 Å². The molecule has 0 aliphatic carbocycles. The molecule has 158 valence electrons. The van der Waals surface area contributed by atoms with Crippen molar-refractivity contribution in [2.75, 3.05) is 11.9 Å². The third-order valence-corrected chi connectivity index (χ3v) is 4.94. The summed E-state index contributed by atoms with van der Waals surface area (Å²) in [6, 6.07) is 22.4. The number of nitrogens with one attached hydrogen (secondary N) is 1. The maximum atomic E-state index is 12.5. The maximum Gasteiger partial charge on any atom is 0.252 e.